The van der Waals surface area contributed by atoms with Gasteiger partial charge in [0.2, 0.25) is 5.95 Å². The molecule has 3 N–H and O–H groups in total. The Hall–Kier alpha value is -2.84. The molecule has 2 aliphatic heterocycles. The zero-order valence-corrected chi connectivity index (χ0v) is 19.9. The summed E-state index contributed by atoms with van der Waals surface area (Å²) in [5.41, 5.74) is 9.24. The molecule has 3 aromatic heterocycles. The van der Waals surface area contributed by atoms with Crippen molar-refractivity contribution in [3.8, 4) is 11.1 Å². The molecule has 8 nitrogen and oxygen atoms in total. The molecule has 33 heavy (non-hydrogen) atoms. The summed E-state index contributed by atoms with van der Waals surface area (Å²) >= 11 is 6.81. The summed E-state index contributed by atoms with van der Waals surface area (Å²) in [5.74, 6) is 0.717. The van der Waals surface area contributed by atoms with Crippen molar-refractivity contribution < 1.29 is 0 Å². The number of benzene rings is 1. The van der Waals surface area contributed by atoms with Crippen LogP contribution in [0, 0.1) is 0 Å². The van der Waals surface area contributed by atoms with Crippen LogP contribution in [-0.4, -0.2) is 41.9 Å². The maximum absolute atomic E-state index is 13.6. The number of anilines is 1. The molecule has 2 fully saturated rings. The number of hydrogen-bond donors (Lipinski definition) is 2. The van der Waals surface area contributed by atoms with Crippen molar-refractivity contribution >= 4 is 39.5 Å². The summed E-state index contributed by atoms with van der Waals surface area (Å²) < 4.78 is 3.55. The molecule has 4 aromatic rings. The molecule has 0 spiro atoms. The summed E-state index contributed by atoms with van der Waals surface area (Å²) in [6.07, 6.45) is 7.78. The van der Waals surface area contributed by atoms with Gasteiger partial charge in [-0.05, 0) is 45.6 Å². The summed E-state index contributed by atoms with van der Waals surface area (Å²) in [4.78, 5) is 24.1. The predicted molar refractivity (Wildman–Crippen MR) is 132 cm³/mol. The summed E-state index contributed by atoms with van der Waals surface area (Å²) in [5, 5.41) is 6.56. The first-order valence-corrected chi connectivity index (χ1v) is 12.0. The van der Waals surface area contributed by atoms with Gasteiger partial charge in [-0.1, -0.05) is 17.7 Å². The van der Waals surface area contributed by atoms with Gasteiger partial charge in [0.15, 0.2) is 0 Å². The lowest BCUT2D eigenvalue weighted by atomic mass is 9.86. The van der Waals surface area contributed by atoms with Crippen molar-refractivity contribution in [2.45, 2.75) is 63.7 Å². The number of nitrogens with zero attached hydrogens (tertiary/aromatic N) is 5. The predicted octanol–water partition coefficient (Wildman–Crippen LogP) is 3.80. The second-order valence-corrected chi connectivity index (χ2v) is 10.3. The molecule has 0 aliphatic carbocycles. The Labute approximate surface area is 196 Å². The second kappa shape index (κ2) is 7.08. The first-order chi connectivity index (χ1) is 15.8. The van der Waals surface area contributed by atoms with E-state index in [-0.39, 0.29) is 11.1 Å². The van der Waals surface area contributed by atoms with Gasteiger partial charge in [0.05, 0.1) is 15.9 Å². The van der Waals surface area contributed by atoms with E-state index in [9.17, 15) is 4.79 Å². The van der Waals surface area contributed by atoms with Crippen molar-refractivity contribution in [2.24, 2.45) is 12.8 Å². The van der Waals surface area contributed by atoms with Crippen LogP contribution in [0.1, 0.15) is 39.5 Å². The van der Waals surface area contributed by atoms with Gasteiger partial charge in [-0.2, -0.15) is 10.1 Å². The molecule has 0 amide bonds. The Morgan fingerprint density at radius 1 is 1.24 bits per heavy atom. The average Bonchev–Trinajstić information content (AvgIpc) is 3.45. The van der Waals surface area contributed by atoms with Crippen molar-refractivity contribution in [3.05, 3.63) is 39.9 Å². The minimum absolute atomic E-state index is 0.0767. The normalized spacial score (nSPS) is 24.9. The van der Waals surface area contributed by atoms with Crippen LogP contribution >= 0.6 is 11.6 Å². The third-order valence-corrected chi connectivity index (χ3v) is 7.84. The molecule has 172 valence electrons. The Kier molecular flexibility index (Phi) is 4.45. The summed E-state index contributed by atoms with van der Waals surface area (Å²) in [6.45, 7) is 4.94. The SMILES string of the molecule is CCn1cc2c(Cl)c(-c3c[nH]c4nc(N5C6CCC5CC(C)(N)C6)n(C)c(=O)c34)ccc2n1. The van der Waals surface area contributed by atoms with Gasteiger partial charge in [0.1, 0.15) is 5.65 Å². The first kappa shape index (κ1) is 20.7. The highest BCUT2D eigenvalue weighted by atomic mass is 35.5. The van der Waals surface area contributed by atoms with Crippen LogP contribution < -0.4 is 16.2 Å². The fourth-order valence-electron chi connectivity index (χ4n) is 5.92. The highest BCUT2D eigenvalue weighted by Crippen LogP contribution is 2.42. The van der Waals surface area contributed by atoms with E-state index in [4.69, 9.17) is 22.3 Å². The van der Waals surface area contributed by atoms with E-state index in [0.717, 1.165) is 60.2 Å². The molecule has 2 unspecified atom stereocenters. The molecule has 0 saturated carbocycles. The summed E-state index contributed by atoms with van der Waals surface area (Å²) in [6, 6.07) is 4.51. The molecule has 2 atom stereocenters. The standard InChI is InChI=1S/C24H28ClN7O/c1-4-31-12-17-18(29-31)8-7-15(20(17)25)16-11-27-21-19(16)22(33)30(3)23(28-21)32-13-5-6-14(32)10-24(2,26)9-13/h7-8,11-14,27H,4-6,9-10,26H2,1-3H3. The fourth-order valence-corrected chi connectivity index (χ4v) is 6.23. The first-order valence-electron chi connectivity index (χ1n) is 11.6. The molecule has 0 radical (unpaired) electrons. The molecule has 9 heteroatoms. The van der Waals surface area contributed by atoms with Gasteiger partial charge in [-0.25, -0.2) is 0 Å². The van der Waals surface area contributed by atoms with E-state index in [1.54, 1.807) is 4.57 Å². The smallest absolute Gasteiger partial charge is 0.264 e. The number of rotatable bonds is 3. The third-order valence-electron chi connectivity index (χ3n) is 7.43. The molecule has 5 heterocycles. The number of aromatic amines is 1. The Balaban J connectivity index is 1.49. The van der Waals surface area contributed by atoms with Gasteiger partial charge < -0.3 is 15.6 Å². The van der Waals surface area contributed by atoms with Gasteiger partial charge in [-0.15, -0.1) is 0 Å². The number of nitrogens with one attached hydrogen (secondary N) is 1. The highest BCUT2D eigenvalue weighted by molar-refractivity contribution is 6.38. The van der Waals surface area contributed by atoms with Gasteiger partial charge in [0, 0.05) is 60.1 Å². The number of hydrogen-bond acceptors (Lipinski definition) is 5. The minimum atomic E-state index is -0.161. The maximum Gasteiger partial charge on any atom is 0.264 e. The van der Waals surface area contributed by atoms with Crippen LogP contribution in [0.25, 0.3) is 33.1 Å². The monoisotopic (exact) mass is 465 g/mol. The summed E-state index contributed by atoms with van der Waals surface area (Å²) in [7, 11) is 1.81. The van der Waals surface area contributed by atoms with E-state index < -0.39 is 0 Å². The molecule has 2 saturated heterocycles. The van der Waals surface area contributed by atoms with Crippen LogP contribution in [-0.2, 0) is 13.6 Å². The minimum Gasteiger partial charge on any atom is -0.345 e. The molecular weight excluding hydrogens is 438 g/mol. The Morgan fingerprint density at radius 2 is 1.97 bits per heavy atom. The number of piperidine rings is 1. The zero-order valence-electron chi connectivity index (χ0n) is 19.1. The lowest BCUT2D eigenvalue weighted by Gasteiger charge is -2.43. The van der Waals surface area contributed by atoms with E-state index in [2.05, 4.69) is 21.9 Å². The largest absolute Gasteiger partial charge is 0.345 e. The van der Waals surface area contributed by atoms with Gasteiger partial charge >= 0.3 is 0 Å². The van der Waals surface area contributed by atoms with Crippen molar-refractivity contribution in [3.63, 3.8) is 0 Å². The lowest BCUT2D eigenvalue weighted by molar-refractivity contribution is 0.302. The topological polar surface area (TPSA) is 97.8 Å². The molecule has 6 rings (SSSR count). The number of fused-ring (bicyclic) bond motifs is 4. The zero-order chi connectivity index (χ0) is 23.1. The number of aryl methyl sites for hydroxylation is 1. The second-order valence-electron chi connectivity index (χ2n) is 9.90. The number of nitrogens with two attached hydrogens (primary N) is 1. The Morgan fingerprint density at radius 3 is 2.67 bits per heavy atom. The number of aromatic nitrogens is 5. The quantitative estimate of drug-likeness (QED) is 0.479. The maximum atomic E-state index is 13.6. The van der Waals surface area contributed by atoms with Gasteiger partial charge in [0.25, 0.3) is 5.56 Å². The van der Waals surface area contributed by atoms with Crippen LogP contribution in [0.15, 0.2) is 29.3 Å². The van der Waals surface area contributed by atoms with E-state index in [1.807, 2.05) is 43.2 Å². The van der Waals surface area contributed by atoms with Crippen molar-refractivity contribution in [1.82, 2.24) is 24.3 Å². The molecule has 1 aromatic carbocycles. The van der Waals surface area contributed by atoms with Crippen LogP contribution in [0.5, 0.6) is 0 Å². The fraction of sp³-hybridized carbons (Fsp3) is 0.458. The number of H-pyrrole nitrogens is 1. The van der Waals surface area contributed by atoms with E-state index >= 15 is 0 Å². The number of halogens is 1. The highest BCUT2D eigenvalue weighted by Gasteiger charge is 2.46. The van der Waals surface area contributed by atoms with Crippen LogP contribution in [0.4, 0.5) is 5.95 Å². The van der Waals surface area contributed by atoms with Crippen LogP contribution in [0.2, 0.25) is 5.02 Å². The third kappa shape index (κ3) is 3.04. The van der Waals surface area contributed by atoms with E-state index in [0.29, 0.717) is 28.1 Å². The van der Waals surface area contributed by atoms with Crippen LogP contribution in [0.3, 0.4) is 0 Å². The van der Waals surface area contributed by atoms with E-state index in [1.165, 1.54) is 0 Å². The Bertz CT molecular complexity index is 1450. The molecule has 2 bridgehead atoms. The molecular formula is C24H28ClN7O. The van der Waals surface area contributed by atoms with Crippen molar-refractivity contribution in [1.29, 1.82) is 0 Å². The van der Waals surface area contributed by atoms with Crippen molar-refractivity contribution in [2.75, 3.05) is 4.90 Å². The van der Waals surface area contributed by atoms with Gasteiger partial charge in [-0.3, -0.25) is 14.0 Å². The molecule has 2 aliphatic rings. The average molecular weight is 466 g/mol. The lowest BCUT2D eigenvalue weighted by Crippen LogP contribution is -2.55.